The number of nitrogens with zero attached hydrogens (tertiary/aromatic N) is 1. The quantitative estimate of drug-likeness (QED) is 0.392. The number of halogens is 3. The minimum atomic E-state index is -0.616. The molecule has 9 heteroatoms. The summed E-state index contributed by atoms with van der Waals surface area (Å²) in [5.74, 6) is -1.60. The molecule has 1 heterocycles. The van der Waals surface area contributed by atoms with E-state index >= 15 is 0 Å². The largest absolute Gasteiger partial charge is 0.350 e. The highest BCUT2D eigenvalue weighted by Crippen LogP contribution is 2.32. The average molecular weight is 515 g/mol. The Morgan fingerprint density at radius 3 is 2.24 bits per heavy atom. The van der Waals surface area contributed by atoms with Crippen LogP contribution < -0.4 is 15.5 Å². The molecule has 1 aliphatic rings. The van der Waals surface area contributed by atoms with Crippen molar-refractivity contribution in [3.63, 3.8) is 0 Å². The summed E-state index contributed by atoms with van der Waals surface area (Å²) in [6, 6.07) is 16.6. The van der Waals surface area contributed by atoms with Gasteiger partial charge in [-0.25, -0.2) is 4.90 Å². The molecule has 34 heavy (non-hydrogen) atoms. The number of amides is 3. The number of benzene rings is 3. The third-order valence-electron chi connectivity index (χ3n) is 5.15. The van der Waals surface area contributed by atoms with E-state index in [0.717, 1.165) is 16.0 Å². The molecule has 1 aliphatic heterocycles. The van der Waals surface area contributed by atoms with Gasteiger partial charge < -0.3 is 10.6 Å². The smallest absolute Gasteiger partial charge is 0.283 e. The maximum Gasteiger partial charge on any atom is 0.283 e. The molecule has 0 atom stereocenters. The van der Waals surface area contributed by atoms with Crippen LogP contribution in [-0.4, -0.2) is 17.7 Å². The Balaban J connectivity index is 1.56. The van der Waals surface area contributed by atoms with Crippen LogP contribution in [0.3, 0.4) is 0 Å². The molecule has 4 rings (SSSR count). The van der Waals surface area contributed by atoms with Gasteiger partial charge in [-0.05, 0) is 67.4 Å². The van der Waals surface area contributed by atoms with Gasteiger partial charge in [0.1, 0.15) is 10.7 Å². The standard InChI is InChI=1S/C25H18Cl3N3O3/c1-13-6-7-14(2)20(8-13)31-24(33)21(28)22(25(31)34)29-18-5-3-4-15(9-18)23(32)30-19-11-16(26)10-17(27)12-19/h3-12,29H,1-2H3,(H,30,32). The lowest BCUT2D eigenvalue weighted by Crippen LogP contribution is -2.33. The van der Waals surface area contributed by atoms with Crippen molar-refractivity contribution in [1.29, 1.82) is 0 Å². The number of hydrogen-bond acceptors (Lipinski definition) is 4. The Labute approximate surface area is 211 Å². The molecule has 0 saturated carbocycles. The molecular formula is C25H18Cl3N3O3. The summed E-state index contributed by atoms with van der Waals surface area (Å²) < 4.78 is 0. The molecule has 172 valence electrons. The lowest BCUT2D eigenvalue weighted by atomic mass is 10.1. The molecule has 3 aromatic rings. The number of aryl methyl sites for hydroxylation is 2. The highest BCUT2D eigenvalue weighted by molar-refractivity contribution is 6.53. The molecule has 2 N–H and O–H groups in total. The van der Waals surface area contributed by atoms with Crippen LogP contribution in [0.15, 0.2) is 71.4 Å². The van der Waals surface area contributed by atoms with Gasteiger partial charge in [0, 0.05) is 27.0 Å². The SMILES string of the molecule is Cc1ccc(C)c(N2C(=O)C(Cl)=C(Nc3cccc(C(=O)Nc4cc(Cl)cc(Cl)c4)c3)C2=O)c1. The summed E-state index contributed by atoms with van der Waals surface area (Å²) in [7, 11) is 0. The van der Waals surface area contributed by atoms with Crippen LogP contribution >= 0.6 is 34.8 Å². The molecule has 0 spiro atoms. The third-order valence-corrected chi connectivity index (χ3v) is 5.93. The minimum absolute atomic E-state index is 0.0632. The predicted molar refractivity (Wildman–Crippen MR) is 136 cm³/mol. The summed E-state index contributed by atoms with van der Waals surface area (Å²) in [6.07, 6.45) is 0. The van der Waals surface area contributed by atoms with Crippen LogP contribution in [0.25, 0.3) is 0 Å². The van der Waals surface area contributed by atoms with Crippen LogP contribution in [-0.2, 0) is 9.59 Å². The van der Waals surface area contributed by atoms with Crippen LogP contribution in [0.4, 0.5) is 17.1 Å². The first kappa shape index (κ1) is 23.8. The number of carbonyl (C=O) groups excluding carboxylic acids is 3. The number of hydrogen-bond donors (Lipinski definition) is 2. The van der Waals surface area contributed by atoms with Gasteiger partial charge in [0.05, 0.1) is 5.69 Å². The molecule has 0 aliphatic carbocycles. The fourth-order valence-corrected chi connectivity index (χ4v) is 4.24. The Bertz CT molecular complexity index is 1360. The molecular weight excluding hydrogens is 497 g/mol. The average Bonchev–Trinajstić information content (AvgIpc) is 2.98. The van der Waals surface area contributed by atoms with Gasteiger partial charge in [-0.1, -0.05) is 53.0 Å². The van der Waals surface area contributed by atoms with Gasteiger partial charge >= 0.3 is 0 Å². The van der Waals surface area contributed by atoms with Crippen molar-refractivity contribution in [2.75, 3.05) is 15.5 Å². The fourth-order valence-electron chi connectivity index (χ4n) is 3.50. The van der Waals surface area contributed by atoms with Gasteiger partial charge in [-0.3, -0.25) is 14.4 Å². The first-order chi connectivity index (χ1) is 16.1. The maximum absolute atomic E-state index is 13.1. The van der Waals surface area contributed by atoms with Crippen molar-refractivity contribution in [2.24, 2.45) is 0 Å². The second-order valence-corrected chi connectivity index (χ2v) is 8.99. The van der Waals surface area contributed by atoms with Crippen LogP contribution in [0.5, 0.6) is 0 Å². The maximum atomic E-state index is 13.1. The molecule has 0 fully saturated rings. The summed E-state index contributed by atoms with van der Waals surface area (Å²) >= 11 is 18.2. The summed E-state index contributed by atoms with van der Waals surface area (Å²) in [5.41, 5.74) is 3.23. The zero-order valence-electron chi connectivity index (χ0n) is 18.1. The van der Waals surface area contributed by atoms with Gasteiger partial charge in [-0.2, -0.15) is 0 Å². The minimum Gasteiger partial charge on any atom is -0.350 e. The molecule has 0 saturated heterocycles. The molecule has 3 aromatic carbocycles. The first-order valence-electron chi connectivity index (χ1n) is 10.1. The van der Waals surface area contributed by atoms with Gasteiger partial charge in [0.2, 0.25) is 0 Å². The second-order valence-electron chi connectivity index (χ2n) is 7.74. The molecule has 6 nitrogen and oxygen atoms in total. The number of nitrogens with one attached hydrogen (secondary N) is 2. The fraction of sp³-hybridized carbons (Fsp3) is 0.0800. The summed E-state index contributed by atoms with van der Waals surface area (Å²) in [4.78, 5) is 39.7. The summed E-state index contributed by atoms with van der Waals surface area (Å²) in [5, 5.41) is 6.16. The zero-order chi connectivity index (χ0) is 24.6. The lowest BCUT2D eigenvalue weighted by Gasteiger charge is -2.18. The molecule has 0 unspecified atom stereocenters. The highest BCUT2D eigenvalue weighted by atomic mass is 35.5. The number of rotatable bonds is 5. The summed E-state index contributed by atoms with van der Waals surface area (Å²) in [6.45, 7) is 3.68. The Hall–Kier alpha value is -3.32. The van der Waals surface area contributed by atoms with Crippen molar-refractivity contribution in [1.82, 2.24) is 0 Å². The number of imide groups is 1. The topological polar surface area (TPSA) is 78.5 Å². The highest BCUT2D eigenvalue weighted by Gasteiger charge is 2.39. The first-order valence-corrected chi connectivity index (χ1v) is 11.3. The number of anilines is 3. The van der Waals surface area contributed by atoms with Crippen LogP contribution in [0.1, 0.15) is 21.5 Å². The van der Waals surface area contributed by atoms with Gasteiger partial charge in [0.15, 0.2) is 0 Å². The van der Waals surface area contributed by atoms with E-state index in [-0.39, 0.29) is 10.7 Å². The normalized spacial score (nSPS) is 13.5. The van der Waals surface area contributed by atoms with Crippen LogP contribution in [0.2, 0.25) is 10.0 Å². The van der Waals surface area contributed by atoms with Crippen molar-refractivity contribution in [3.8, 4) is 0 Å². The Morgan fingerprint density at radius 2 is 1.53 bits per heavy atom. The lowest BCUT2D eigenvalue weighted by molar-refractivity contribution is -0.120. The van der Waals surface area contributed by atoms with Gasteiger partial charge in [-0.15, -0.1) is 0 Å². The second kappa shape index (κ2) is 9.50. The molecule has 3 amide bonds. The van der Waals surface area contributed by atoms with E-state index in [4.69, 9.17) is 34.8 Å². The van der Waals surface area contributed by atoms with Crippen LogP contribution in [0, 0.1) is 13.8 Å². The van der Waals surface area contributed by atoms with E-state index in [2.05, 4.69) is 10.6 Å². The van der Waals surface area contributed by atoms with Gasteiger partial charge in [0.25, 0.3) is 17.7 Å². The Kier molecular flexibility index (Phi) is 6.66. The van der Waals surface area contributed by atoms with E-state index in [1.807, 2.05) is 26.0 Å². The van der Waals surface area contributed by atoms with E-state index in [1.54, 1.807) is 42.5 Å². The Morgan fingerprint density at radius 1 is 0.824 bits per heavy atom. The van der Waals surface area contributed by atoms with E-state index in [9.17, 15) is 14.4 Å². The van der Waals surface area contributed by atoms with E-state index in [1.165, 1.54) is 6.07 Å². The monoisotopic (exact) mass is 513 g/mol. The van der Waals surface area contributed by atoms with E-state index < -0.39 is 17.7 Å². The molecule has 0 bridgehead atoms. The molecule has 0 radical (unpaired) electrons. The third kappa shape index (κ3) is 4.80. The van der Waals surface area contributed by atoms with Crippen molar-refractivity contribution < 1.29 is 14.4 Å². The molecule has 0 aromatic heterocycles. The van der Waals surface area contributed by atoms with E-state index in [0.29, 0.717) is 32.7 Å². The van der Waals surface area contributed by atoms with Crippen molar-refractivity contribution in [2.45, 2.75) is 13.8 Å². The van der Waals surface area contributed by atoms with Crippen molar-refractivity contribution in [3.05, 3.63) is 98.1 Å². The predicted octanol–water partition coefficient (Wildman–Crippen LogP) is 6.30. The number of carbonyl (C=O) groups is 3. The van der Waals surface area contributed by atoms with Crippen molar-refractivity contribution >= 4 is 69.6 Å². The zero-order valence-corrected chi connectivity index (χ0v) is 20.3.